The Morgan fingerprint density at radius 2 is 2.26 bits per heavy atom. The number of nitrogens with zero attached hydrogens (tertiary/aromatic N) is 3. The second-order valence-electron chi connectivity index (χ2n) is 5.04. The van der Waals surface area contributed by atoms with Gasteiger partial charge in [-0.05, 0) is 12.1 Å². The molecule has 2 aromatic rings. The van der Waals surface area contributed by atoms with Gasteiger partial charge in [0.25, 0.3) is 0 Å². The average molecular weight is 261 g/mol. The van der Waals surface area contributed by atoms with Crippen molar-refractivity contribution in [1.29, 1.82) is 0 Å². The van der Waals surface area contributed by atoms with Crippen LogP contribution in [0.15, 0.2) is 24.3 Å². The normalized spacial score (nSPS) is 21.7. The number of benzene rings is 1. The van der Waals surface area contributed by atoms with Crippen LogP contribution in [-0.2, 0) is 18.3 Å². The molecular formula is C14H19N3O2. The van der Waals surface area contributed by atoms with Gasteiger partial charge >= 0.3 is 0 Å². The minimum Gasteiger partial charge on any atom is -0.389 e. The Labute approximate surface area is 112 Å². The Morgan fingerprint density at radius 3 is 3.11 bits per heavy atom. The highest BCUT2D eigenvalue weighted by atomic mass is 16.5. The molecule has 0 aliphatic carbocycles. The van der Waals surface area contributed by atoms with Crippen molar-refractivity contribution in [1.82, 2.24) is 14.5 Å². The second-order valence-corrected chi connectivity index (χ2v) is 5.04. The van der Waals surface area contributed by atoms with Crippen LogP contribution in [0.2, 0.25) is 0 Å². The van der Waals surface area contributed by atoms with Gasteiger partial charge in [0.2, 0.25) is 0 Å². The number of hydrogen-bond acceptors (Lipinski definition) is 4. The molecule has 1 aliphatic rings. The maximum atomic E-state index is 9.75. The highest BCUT2D eigenvalue weighted by Gasteiger charge is 2.18. The summed E-state index contributed by atoms with van der Waals surface area (Å²) in [7, 11) is 2.04. The number of aromatic nitrogens is 2. The molecule has 19 heavy (non-hydrogen) atoms. The number of fused-ring (bicyclic) bond motifs is 1. The van der Waals surface area contributed by atoms with Crippen LogP contribution in [-0.4, -0.2) is 52.0 Å². The number of β-amino-alcohol motifs (C(OH)–C–C–N with tert-alkyl or cyclic N) is 1. The summed E-state index contributed by atoms with van der Waals surface area (Å²) in [5.74, 6) is 1.02. The summed E-state index contributed by atoms with van der Waals surface area (Å²) in [6.07, 6.45) is -0.405. The molecule has 3 rings (SSSR count). The van der Waals surface area contributed by atoms with Crippen LogP contribution in [0.25, 0.3) is 11.0 Å². The molecule has 0 spiro atoms. The van der Waals surface area contributed by atoms with Gasteiger partial charge in [0.05, 0.1) is 36.9 Å². The predicted octanol–water partition coefficient (Wildman–Crippen LogP) is 0.766. The standard InChI is InChI=1S/C14H19N3O2/c1-16-13-5-3-2-4-12(13)15-14(16)9-17-6-7-19-10-11(18)8-17/h2-5,11,18H,6-10H2,1H3/t11-/m1/s1. The van der Waals surface area contributed by atoms with Crippen molar-refractivity contribution in [3.05, 3.63) is 30.1 Å². The Hall–Kier alpha value is -1.43. The fourth-order valence-corrected chi connectivity index (χ4v) is 2.54. The number of aliphatic hydroxyl groups is 1. The number of imidazole rings is 1. The predicted molar refractivity (Wildman–Crippen MR) is 72.8 cm³/mol. The van der Waals surface area contributed by atoms with Gasteiger partial charge in [-0.2, -0.15) is 0 Å². The molecule has 1 aromatic carbocycles. The van der Waals surface area contributed by atoms with Crippen LogP contribution in [0.1, 0.15) is 5.82 Å². The lowest BCUT2D eigenvalue weighted by Crippen LogP contribution is -2.33. The summed E-state index contributed by atoms with van der Waals surface area (Å²) in [6, 6.07) is 8.13. The minimum atomic E-state index is -0.405. The number of rotatable bonds is 2. The van der Waals surface area contributed by atoms with Gasteiger partial charge in [-0.25, -0.2) is 4.98 Å². The average Bonchev–Trinajstić information content (AvgIpc) is 2.58. The van der Waals surface area contributed by atoms with Crippen molar-refractivity contribution in [2.24, 2.45) is 7.05 Å². The maximum Gasteiger partial charge on any atom is 0.123 e. The molecular weight excluding hydrogens is 242 g/mol. The van der Waals surface area contributed by atoms with E-state index in [1.807, 2.05) is 25.2 Å². The number of ether oxygens (including phenoxy) is 1. The quantitative estimate of drug-likeness (QED) is 0.867. The summed E-state index contributed by atoms with van der Waals surface area (Å²) in [5, 5.41) is 9.75. The van der Waals surface area contributed by atoms with Gasteiger partial charge < -0.3 is 14.4 Å². The van der Waals surface area contributed by atoms with Crippen LogP contribution < -0.4 is 0 Å². The zero-order chi connectivity index (χ0) is 13.2. The summed E-state index contributed by atoms with van der Waals surface area (Å²) in [4.78, 5) is 6.85. The molecule has 1 aliphatic heterocycles. The van der Waals surface area contributed by atoms with Gasteiger partial charge in [0, 0.05) is 20.1 Å². The van der Waals surface area contributed by atoms with E-state index in [4.69, 9.17) is 4.74 Å². The van der Waals surface area contributed by atoms with Crippen LogP contribution in [0.5, 0.6) is 0 Å². The molecule has 5 nitrogen and oxygen atoms in total. The van der Waals surface area contributed by atoms with E-state index in [1.54, 1.807) is 0 Å². The van der Waals surface area contributed by atoms with Crippen molar-refractivity contribution >= 4 is 11.0 Å². The third-order valence-electron chi connectivity index (χ3n) is 3.58. The van der Waals surface area contributed by atoms with Crippen LogP contribution in [0.4, 0.5) is 0 Å². The summed E-state index contributed by atoms with van der Waals surface area (Å²) in [5.41, 5.74) is 2.16. The van der Waals surface area contributed by atoms with Crippen molar-refractivity contribution in [2.45, 2.75) is 12.6 Å². The van der Waals surface area contributed by atoms with E-state index < -0.39 is 6.10 Å². The third kappa shape index (κ3) is 2.63. The fourth-order valence-electron chi connectivity index (χ4n) is 2.54. The highest BCUT2D eigenvalue weighted by molar-refractivity contribution is 5.75. The van der Waals surface area contributed by atoms with Crippen molar-refractivity contribution in [2.75, 3.05) is 26.3 Å². The van der Waals surface area contributed by atoms with Crippen LogP contribution in [0.3, 0.4) is 0 Å². The Balaban J connectivity index is 1.82. The Kier molecular flexibility index (Phi) is 3.50. The number of aliphatic hydroxyl groups excluding tert-OH is 1. The van der Waals surface area contributed by atoms with E-state index in [1.165, 1.54) is 0 Å². The smallest absolute Gasteiger partial charge is 0.123 e. The highest BCUT2D eigenvalue weighted by Crippen LogP contribution is 2.16. The molecule has 0 amide bonds. The molecule has 0 unspecified atom stereocenters. The van der Waals surface area contributed by atoms with E-state index in [-0.39, 0.29) is 0 Å². The van der Waals surface area contributed by atoms with Crippen molar-refractivity contribution in [3.8, 4) is 0 Å². The zero-order valence-electron chi connectivity index (χ0n) is 11.1. The fraction of sp³-hybridized carbons (Fsp3) is 0.500. The Morgan fingerprint density at radius 1 is 1.42 bits per heavy atom. The van der Waals surface area contributed by atoms with Crippen molar-refractivity contribution < 1.29 is 9.84 Å². The lowest BCUT2D eigenvalue weighted by atomic mass is 10.3. The summed E-state index contributed by atoms with van der Waals surface area (Å²) < 4.78 is 7.46. The van der Waals surface area contributed by atoms with Crippen LogP contribution >= 0.6 is 0 Å². The van der Waals surface area contributed by atoms with Gasteiger partial charge in [-0.3, -0.25) is 4.90 Å². The summed E-state index contributed by atoms with van der Waals surface area (Å²) >= 11 is 0. The maximum absolute atomic E-state index is 9.75. The van der Waals surface area contributed by atoms with Crippen LogP contribution in [0, 0.1) is 0 Å². The molecule has 1 saturated heterocycles. The molecule has 0 radical (unpaired) electrons. The zero-order valence-corrected chi connectivity index (χ0v) is 11.1. The summed E-state index contributed by atoms with van der Waals surface area (Å²) in [6.45, 7) is 3.31. The molecule has 1 aromatic heterocycles. The van der Waals surface area contributed by atoms with Gasteiger partial charge in [0.15, 0.2) is 0 Å². The molecule has 5 heteroatoms. The van der Waals surface area contributed by atoms with E-state index >= 15 is 0 Å². The van der Waals surface area contributed by atoms with Gasteiger partial charge in [-0.15, -0.1) is 0 Å². The number of para-hydroxylation sites is 2. The molecule has 1 atom stereocenters. The number of hydrogen-bond donors (Lipinski definition) is 1. The van der Waals surface area contributed by atoms with Gasteiger partial charge in [-0.1, -0.05) is 12.1 Å². The molecule has 2 heterocycles. The third-order valence-corrected chi connectivity index (χ3v) is 3.58. The first-order valence-electron chi connectivity index (χ1n) is 6.62. The molecule has 0 bridgehead atoms. The Bertz CT molecular complexity index is 567. The van der Waals surface area contributed by atoms with E-state index in [9.17, 15) is 5.11 Å². The topological polar surface area (TPSA) is 50.5 Å². The molecule has 0 saturated carbocycles. The van der Waals surface area contributed by atoms with E-state index in [0.717, 1.165) is 29.9 Å². The second kappa shape index (κ2) is 5.28. The number of aryl methyl sites for hydroxylation is 1. The molecule has 1 fully saturated rings. The lowest BCUT2D eigenvalue weighted by Gasteiger charge is -2.20. The first kappa shape index (κ1) is 12.6. The largest absolute Gasteiger partial charge is 0.389 e. The first-order chi connectivity index (χ1) is 9.24. The molecule has 1 N–H and O–H groups in total. The SMILES string of the molecule is Cn1c(CN2CCOC[C@H](O)C2)nc2ccccc21. The molecule has 102 valence electrons. The monoisotopic (exact) mass is 261 g/mol. The van der Waals surface area contributed by atoms with Crippen molar-refractivity contribution in [3.63, 3.8) is 0 Å². The van der Waals surface area contributed by atoms with Gasteiger partial charge in [0.1, 0.15) is 5.82 Å². The minimum absolute atomic E-state index is 0.405. The van der Waals surface area contributed by atoms with E-state index in [2.05, 4.69) is 20.5 Å². The lowest BCUT2D eigenvalue weighted by molar-refractivity contribution is 0.0561. The van der Waals surface area contributed by atoms with E-state index in [0.29, 0.717) is 19.8 Å². The first-order valence-corrected chi connectivity index (χ1v) is 6.62.